The van der Waals surface area contributed by atoms with Gasteiger partial charge >= 0.3 is 0 Å². The zero-order valence-electron chi connectivity index (χ0n) is 18.5. The van der Waals surface area contributed by atoms with Crippen LogP contribution in [0.1, 0.15) is 6.42 Å². The van der Waals surface area contributed by atoms with Crippen molar-refractivity contribution in [1.82, 2.24) is 10.9 Å². The van der Waals surface area contributed by atoms with E-state index in [1.165, 1.54) is 0 Å². The van der Waals surface area contributed by atoms with Gasteiger partial charge in [-0.05, 0) is 47.2 Å². The summed E-state index contributed by atoms with van der Waals surface area (Å²) in [5.41, 5.74) is 8.48. The van der Waals surface area contributed by atoms with Crippen LogP contribution in [0, 0.1) is 0 Å². The van der Waals surface area contributed by atoms with Crippen molar-refractivity contribution in [3.63, 3.8) is 0 Å². The number of hydrazine groups is 1. The number of carbonyl (C=O) groups is 2. The Morgan fingerprint density at radius 2 is 1.38 bits per heavy atom. The van der Waals surface area contributed by atoms with Crippen LogP contribution in [-0.2, 0) is 9.59 Å². The van der Waals surface area contributed by atoms with E-state index in [0.717, 1.165) is 37.6 Å². The average molecular weight is 469 g/mol. The minimum absolute atomic E-state index is 0.0756. The second-order valence-electron chi connectivity index (χ2n) is 7.91. The summed E-state index contributed by atoms with van der Waals surface area (Å²) in [5, 5.41) is 5.14. The fourth-order valence-corrected chi connectivity index (χ4v) is 5.00. The van der Waals surface area contributed by atoms with E-state index in [4.69, 9.17) is 0 Å². The Labute approximate surface area is 202 Å². The van der Waals surface area contributed by atoms with Gasteiger partial charge in [0.05, 0.1) is 17.9 Å². The summed E-state index contributed by atoms with van der Waals surface area (Å²) in [6.45, 7) is 0.495. The number of benzene rings is 4. The molecule has 0 saturated carbocycles. The monoisotopic (exact) mass is 468 g/mol. The van der Waals surface area contributed by atoms with Crippen LogP contribution < -0.4 is 21.1 Å². The molecule has 2 amide bonds. The van der Waals surface area contributed by atoms with Crippen molar-refractivity contribution in [2.45, 2.75) is 16.2 Å². The molecule has 0 fully saturated rings. The quantitative estimate of drug-likeness (QED) is 0.260. The second kappa shape index (κ2) is 10.1. The highest BCUT2D eigenvalue weighted by Crippen LogP contribution is 2.47. The maximum absolute atomic E-state index is 13.1. The number of amides is 2. The third-order valence-electron chi connectivity index (χ3n) is 5.56. The van der Waals surface area contributed by atoms with Gasteiger partial charge in [-0.15, -0.1) is 0 Å². The maximum atomic E-state index is 13.1. The molecule has 0 aliphatic carbocycles. The van der Waals surface area contributed by atoms with Crippen molar-refractivity contribution in [2.24, 2.45) is 0 Å². The zero-order valence-corrected chi connectivity index (χ0v) is 19.3. The largest absolute Gasteiger partial charge is 0.326 e. The third-order valence-corrected chi connectivity index (χ3v) is 6.69. The van der Waals surface area contributed by atoms with E-state index in [9.17, 15) is 9.59 Å². The van der Waals surface area contributed by atoms with Gasteiger partial charge in [0, 0.05) is 28.4 Å². The molecule has 34 heavy (non-hydrogen) atoms. The van der Waals surface area contributed by atoms with Gasteiger partial charge in [-0.1, -0.05) is 66.4 Å². The summed E-state index contributed by atoms with van der Waals surface area (Å²) in [6, 6.07) is 29.7. The Kier molecular flexibility index (Phi) is 6.58. The summed E-state index contributed by atoms with van der Waals surface area (Å²) < 4.78 is 0. The molecule has 5 rings (SSSR count). The molecule has 1 aliphatic heterocycles. The fourth-order valence-electron chi connectivity index (χ4n) is 3.95. The molecular weight excluding hydrogens is 444 g/mol. The lowest BCUT2D eigenvalue weighted by molar-refractivity contribution is -0.117. The van der Waals surface area contributed by atoms with Crippen LogP contribution >= 0.6 is 11.8 Å². The highest BCUT2D eigenvalue weighted by Gasteiger charge is 2.27. The Morgan fingerprint density at radius 3 is 2.12 bits per heavy atom. The van der Waals surface area contributed by atoms with Crippen LogP contribution in [0.2, 0.25) is 0 Å². The molecular formula is C27H24N4O2S. The van der Waals surface area contributed by atoms with Gasteiger partial charge in [0.15, 0.2) is 0 Å². The lowest BCUT2D eigenvalue weighted by atomic mass is 10.1. The molecule has 4 aromatic carbocycles. The molecule has 170 valence electrons. The fraction of sp³-hybridized carbons (Fsp3) is 0.111. The topological polar surface area (TPSA) is 73.5 Å². The summed E-state index contributed by atoms with van der Waals surface area (Å²) >= 11 is 1.67. The van der Waals surface area contributed by atoms with Gasteiger partial charge in [0.2, 0.25) is 11.8 Å². The van der Waals surface area contributed by atoms with Crippen molar-refractivity contribution in [3.05, 3.63) is 91.0 Å². The molecule has 1 aliphatic rings. The molecule has 0 saturated heterocycles. The van der Waals surface area contributed by atoms with Crippen LogP contribution in [0.5, 0.6) is 0 Å². The Hall–Kier alpha value is -3.65. The van der Waals surface area contributed by atoms with Crippen molar-refractivity contribution in [3.8, 4) is 0 Å². The van der Waals surface area contributed by atoms with E-state index in [2.05, 4.69) is 16.2 Å². The van der Waals surface area contributed by atoms with E-state index in [-0.39, 0.29) is 24.8 Å². The number of rotatable bonds is 7. The van der Waals surface area contributed by atoms with Crippen molar-refractivity contribution in [2.75, 3.05) is 23.3 Å². The van der Waals surface area contributed by atoms with Gasteiger partial charge in [-0.25, -0.2) is 5.43 Å². The standard InChI is InChI=1S/C27H24N4O2S/c32-26(30-21-14-13-19-7-1-2-8-20(19)17-21)15-16-28-29-18-27(33)31-22-9-3-5-11-24(22)34-25-12-6-4-10-23(25)31/h1-14,17,28-29H,15-16,18H2,(H,30,32). The number of hydrogen-bond acceptors (Lipinski definition) is 5. The van der Waals surface area contributed by atoms with E-state index < -0.39 is 0 Å². The maximum Gasteiger partial charge on any atom is 0.246 e. The lowest BCUT2D eigenvalue weighted by Crippen LogP contribution is -2.43. The summed E-state index contributed by atoms with van der Waals surface area (Å²) in [6.07, 6.45) is 0.278. The molecule has 0 spiro atoms. The number of hydrogen-bond donors (Lipinski definition) is 3. The molecule has 0 aromatic heterocycles. The molecule has 0 radical (unpaired) electrons. The third kappa shape index (κ3) is 4.82. The molecule has 0 bridgehead atoms. The van der Waals surface area contributed by atoms with E-state index in [0.29, 0.717) is 6.54 Å². The molecule has 6 nitrogen and oxygen atoms in total. The SMILES string of the molecule is O=C(CCNNCC(=O)N1c2ccccc2Sc2ccccc21)Nc1ccc2ccccc2c1. The first-order valence-electron chi connectivity index (χ1n) is 11.1. The number of anilines is 3. The molecule has 0 unspecified atom stereocenters. The summed E-state index contributed by atoms with van der Waals surface area (Å²) in [4.78, 5) is 29.3. The highest BCUT2D eigenvalue weighted by molar-refractivity contribution is 7.99. The van der Waals surface area contributed by atoms with Crippen molar-refractivity contribution >= 4 is 51.4 Å². The number of carbonyl (C=O) groups excluding carboxylic acids is 2. The minimum Gasteiger partial charge on any atom is -0.326 e. The van der Waals surface area contributed by atoms with Gasteiger partial charge in [0.1, 0.15) is 0 Å². The Balaban J connectivity index is 1.13. The van der Waals surface area contributed by atoms with Crippen LogP contribution in [0.15, 0.2) is 101 Å². The first-order chi connectivity index (χ1) is 16.7. The normalized spacial score (nSPS) is 12.2. The Morgan fingerprint density at radius 1 is 0.735 bits per heavy atom. The molecule has 0 atom stereocenters. The lowest BCUT2D eigenvalue weighted by Gasteiger charge is -2.31. The van der Waals surface area contributed by atoms with Gasteiger partial charge in [-0.2, -0.15) is 0 Å². The average Bonchev–Trinajstić information content (AvgIpc) is 2.86. The summed E-state index contributed by atoms with van der Waals surface area (Å²) in [7, 11) is 0. The Bertz CT molecular complexity index is 1310. The van der Waals surface area contributed by atoms with Crippen LogP contribution in [0.3, 0.4) is 0 Å². The van der Waals surface area contributed by atoms with E-state index >= 15 is 0 Å². The predicted molar refractivity (Wildman–Crippen MR) is 137 cm³/mol. The number of fused-ring (bicyclic) bond motifs is 3. The summed E-state index contributed by atoms with van der Waals surface area (Å²) in [5.74, 6) is -0.167. The highest BCUT2D eigenvalue weighted by atomic mass is 32.2. The van der Waals surface area contributed by atoms with Crippen molar-refractivity contribution in [1.29, 1.82) is 0 Å². The van der Waals surface area contributed by atoms with Gasteiger partial charge < -0.3 is 5.32 Å². The van der Waals surface area contributed by atoms with Crippen LogP contribution in [0.25, 0.3) is 10.8 Å². The zero-order chi connectivity index (χ0) is 23.3. The van der Waals surface area contributed by atoms with Crippen molar-refractivity contribution < 1.29 is 9.59 Å². The molecule has 4 aromatic rings. The predicted octanol–water partition coefficient (Wildman–Crippen LogP) is 5.09. The molecule has 7 heteroatoms. The van der Waals surface area contributed by atoms with Crippen LogP contribution in [-0.4, -0.2) is 24.9 Å². The number of nitrogens with one attached hydrogen (secondary N) is 3. The second-order valence-corrected chi connectivity index (χ2v) is 8.99. The van der Waals surface area contributed by atoms with E-state index in [1.807, 2.05) is 91.0 Å². The number of para-hydroxylation sites is 2. The smallest absolute Gasteiger partial charge is 0.246 e. The van der Waals surface area contributed by atoms with Gasteiger partial charge in [0.25, 0.3) is 0 Å². The molecule has 3 N–H and O–H groups in total. The minimum atomic E-state index is -0.0909. The molecule has 1 heterocycles. The first kappa shape index (κ1) is 22.2. The van der Waals surface area contributed by atoms with Gasteiger partial charge in [-0.3, -0.25) is 19.9 Å². The first-order valence-corrected chi connectivity index (χ1v) is 11.9. The number of nitrogens with zero attached hydrogens (tertiary/aromatic N) is 1. The van der Waals surface area contributed by atoms with Crippen LogP contribution in [0.4, 0.5) is 17.1 Å². The van der Waals surface area contributed by atoms with E-state index in [1.54, 1.807) is 16.7 Å².